The van der Waals surface area contributed by atoms with Gasteiger partial charge in [0.25, 0.3) is 0 Å². The second-order valence-electron chi connectivity index (χ2n) is 5.45. The van der Waals surface area contributed by atoms with E-state index in [9.17, 15) is 4.79 Å². The summed E-state index contributed by atoms with van der Waals surface area (Å²) in [6.07, 6.45) is 1.16. The van der Waals surface area contributed by atoms with Crippen LogP contribution >= 0.6 is 0 Å². The third kappa shape index (κ3) is 1.67. The predicted molar refractivity (Wildman–Crippen MR) is 63.2 cm³/mol. The molecular formula is C13H18O6. The van der Waals surface area contributed by atoms with Gasteiger partial charge in [-0.25, -0.2) is 4.79 Å². The quantitative estimate of drug-likeness (QED) is 0.690. The van der Waals surface area contributed by atoms with Gasteiger partial charge in [0.05, 0.1) is 12.7 Å². The number of ether oxygens (including phenoxy) is 5. The van der Waals surface area contributed by atoms with Crippen molar-refractivity contribution < 1.29 is 28.5 Å². The average molecular weight is 270 g/mol. The van der Waals surface area contributed by atoms with Gasteiger partial charge in [-0.15, -0.1) is 0 Å². The molecule has 0 amide bonds. The lowest BCUT2D eigenvalue weighted by molar-refractivity contribution is -0.246. The number of methoxy groups -OCH3 is 2. The first-order valence-electron chi connectivity index (χ1n) is 6.29. The number of fused-ring (bicyclic) bond motifs is 2. The molecule has 2 aliphatic heterocycles. The molecule has 0 N–H and O–H groups in total. The summed E-state index contributed by atoms with van der Waals surface area (Å²) >= 11 is 0. The van der Waals surface area contributed by atoms with Gasteiger partial charge in [-0.2, -0.15) is 0 Å². The fourth-order valence-electron chi connectivity index (χ4n) is 3.02. The van der Waals surface area contributed by atoms with Gasteiger partial charge in [0.15, 0.2) is 12.1 Å². The molecule has 0 radical (unpaired) electrons. The summed E-state index contributed by atoms with van der Waals surface area (Å²) in [7, 11) is 2.90. The van der Waals surface area contributed by atoms with Crippen LogP contribution in [-0.2, 0) is 28.5 Å². The number of hydrogen-bond acceptors (Lipinski definition) is 6. The van der Waals surface area contributed by atoms with Crippen molar-refractivity contribution >= 4 is 5.97 Å². The molecule has 0 saturated carbocycles. The van der Waals surface area contributed by atoms with Crippen LogP contribution in [0, 0.1) is 0 Å². The second kappa shape index (κ2) is 4.02. The summed E-state index contributed by atoms with van der Waals surface area (Å²) in [5.41, 5.74) is -0.308. The van der Waals surface area contributed by atoms with Crippen molar-refractivity contribution in [2.45, 2.75) is 50.2 Å². The highest BCUT2D eigenvalue weighted by atomic mass is 16.8. The molecule has 3 rings (SSSR count). The molecule has 6 heteroatoms. The number of hydrogen-bond donors (Lipinski definition) is 0. The van der Waals surface area contributed by atoms with E-state index in [0.29, 0.717) is 12.0 Å². The van der Waals surface area contributed by atoms with Gasteiger partial charge in [-0.05, 0) is 13.8 Å². The molecule has 3 unspecified atom stereocenters. The van der Waals surface area contributed by atoms with Crippen LogP contribution in [0.25, 0.3) is 0 Å². The third-order valence-electron chi connectivity index (χ3n) is 3.89. The van der Waals surface area contributed by atoms with Crippen molar-refractivity contribution in [3.05, 3.63) is 11.6 Å². The van der Waals surface area contributed by atoms with Crippen LogP contribution in [0.1, 0.15) is 20.3 Å². The van der Waals surface area contributed by atoms with E-state index in [4.69, 9.17) is 23.7 Å². The zero-order chi connectivity index (χ0) is 13.8. The molecule has 0 aromatic rings. The van der Waals surface area contributed by atoms with Crippen LogP contribution < -0.4 is 0 Å². The van der Waals surface area contributed by atoms with Crippen LogP contribution in [0.5, 0.6) is 0 Å². The topological polar surface area (TPSA) is 63.2 Å². The average Bonchev–Trinajstić information content (AvgIpc) is 2.79. The van der Waals surface area contributed by atoms with Crippen LogP contribution in [0.15, 0.2) is 11.6 Å². The van der Waals surface area contributed by atoms with E-state index in [2.05, 4.69) is 0 Å². The van der Waals surface area contributed by atoms with Crippen molar-refractivity contribution in [1.29, 1.82) is 0 Å². The van der Waals surface area contributed by atoms with Crippen molar-refractivity contribution in [2.75, 3.05) is 14.2 Å². The highest BCUT2D eigenvalue weighted by Gasteiger charge is 2.67. The van der Waals surface area contributed by atoms with E-state index in [-0.39, 0.29) is 12.2 Å². The van der Waals surface area contributed by atoms with Crippen molar-refractivity contribution in [3.8, 4) is 0 Å². The van der Waals surface area contributed by atoms with E-state index < -0.39 is 23.6 Å². The highest BCUT2D eigenvalue weighted by molar-refractivity contribution is 5.93. The Morgan fingerprint density at radius 1 is 1.32 bits per heavy atom. The first-order valence-corrected chi connectivity index (χ1v) is 6.29. The standard InChI is InChI=1S/C13H18O6/c1-12(2)17-8-9(18-12)13(19-11(8)16-4)6-5-7(13)10(14)15-3/h5,8-9,11H,6H2,1-4H3/t8?,9?,11?,13-/m1/s1. The Kier molecular flexibility index (Phi) is 2.76. The first-order chi connectivity index (χ1) is 8.93. The number of esters is 1. The Balaban J connectivity index is 1.92. The third-order valence-corrected chi connectivity index (χ3v) is 3.89. The van der Waals surface area contributed by atoms with E-state index in [1.807, 2.05) is 13.8 Å². The summed E-state index contributed by atoms with van der Waals surface area (Å²) in [4.78, 5) is 11.8. The summed E-state index contributed by atoms with van der Waals surface area (Å²) in [6.45, 7) is 3.68. The Hall–Kier alpha value is -0.950. The van der Waals surface area contributed by atoms with Crippen LogP contribution in [0.2, 0.25) is 0 Å². The molecular weight excluding hydrogens is 252 g/mol. The fourth-order valence-corrected chi connectivity index (χ4v) is 3.02. The molecule has 1 aliphatic carbocycles. The van der Waals surface area contributed by atoms with Crippen molar-refractivity contribution in [1.82, 2.24) is 0 Å². The van der Waals surface area contributed by atoms with Gasteiger partial charge in [-0.3, -0.25) is 0 Å². The van der Waals surface area contributed by atoms with Gasteiger partial charge < -0.3 is 23.7 Å². The number of carbonyl (C=O) groups is 1. The Bertz CT molecular complexity index is 442. The Morgan fingerprint density at radius 3 is 2.58 bits per heavy atom. The largest absolute Gasteiger partial charge is 0.466 e. The highest BCUT2D eigenvalue weighted by Crippen LogP contribution is 2.53. The minimum atomic E-state index is -0.799. The number of carbonyl (C=O) groups excluding carboxylic acids is 1. The molecule has 106 valence electrons. The lowest BCUT2D eigenvalue weighted by Crippen LogP contribution is -2.51. The Labute approximate surface area is 111 Å². The smallest absolute Gasteiger partial charge is 0.336 e. The predicted octanol–water partition coefficient (Wildman–Crippen LogP) is 0.751. The van der Waals surface area contributed by atoms with Gasteiger partial charge in [-0.1, -0.05) is 6.08 Å². The molecule has 2 heterocycles. The van der Waals surface area contributed by atoms with E-state index in [1.165, 1.54) is 7.11 Å². The maximum atomic E-state index is 11.8. The molecule has 19 heavy (non-hydrogen) atoms. The van der Waals surface area contributed by atoms with Crippen molar-refractivity contribution in [2.24, 2.45) is 0 Å². The molecule has 1 spiro atoms. The molecule has 3 aliphatic rings. The van der Waals surface area contributed by atoms with Gasteiger partial charge in [0, 0.05) is 13.5 Å². The molecule has 0 aromatic carbocycles. The number of rotatable bonds is 2. The SMILES string of the molecule is COC(=O)C1=CC[C@@]12OC(OC)C1OC(C)(C)OC12. The molecule has 0 bridgehead atoms. The van der Waals surface area contributed by atoms with Crippen LogP contribution in [0.4, 0.5) is 0 Å². The lowest BCUT2D eigenvalue weighted by Gasteiger charge is -2.40. The zero-order valence-corrected chi connectivity index (χ0v) is 11.5. The maximum Gasteiger partial charge on any atom is 0.336 e. The fraction of sp³-hybridized carbons (Fsp3) is 0.769. The second-order valence-corrected chi connectivity index (χ2v) is 5.45. The summed E-state index contributed by atoms with van der Waals surface area (Å²) < 4.78 is 27.7. The molecule has 0 aromatic heterocycles. The minimum absolute atomic E-state index is 0.339. The van der Waals surface area contributed by atoms with Crippen LogP contribution in [-0.4, -0.2) is 50.1 Å². The zero-order valence-electron chi connectivity index (χ0n) is 11.5. The van der Waals surface area contributed by atoms with E-state index >= 15 is 0 Å². The molecule has 6 nitrogen and oxygen atoms in total. The molecule has 2 fully saturated rings. The maximum absolute atomic E-state index is 11.8. The van der Waals surface area contributed by atoms with Gasteiger partial charge in [0.1, 0.15) is 17.8 Å². The first kappa shape index (κ1) is 13.1. The van der Waals surface area contributed by atoms with Crippen LogP contribution in [0.3, 0.4) is 0 Å². The van der Waals surface area contributed by atoms with E-state index in [0.717, 1.165) is 0 Å². The summed E-state index contributed by atoms with van der Waals surface area (Å²) in [6, 6.07) is 0. The van der Waals surface area contributed by atoms with Gasteiger partial charge in [0.2, 0.25) is 0 Å². The monoisotopic (exact) mass is 270 g/mol. The Morgan fingerprint density at radius 2 is 2.05 bits per heavy atom. The van der Waals surface area contributed by atoms with Crippen molar-refractivity contribution in [3.63, 3.8) is 0 Å². The summed E-state index contributed by atoms with van der Waals surface area (Å²) in [5.74, 6) is -1.10. The summed E-state index contributed by atoms with van der Waals surface area (Å²) in [5, 5.41) is 0. The molecule has 4 atom stereocenters. The minimum Gasteiger partial charge on any atom is -0.466 e. The van der Waals surface area contributed by atoms with Gasteiger partial charge >= 0.3 is 5.97 Å². The van der Waals surface area contributed by atoms with E-state index in [1.54, 1.807) is 13.2 Å². The lowest BCUT2D eigenvalue weighted by atomic mass is 9.75. The molecule has 2 saturated heterocycles. The normalized spacial score (nSPS) is 42.7.